The number of nitrogens with zero attached hydrogens (tertiary/aromatic N) is 1. The van der Waals surface area contributed by atoms with Crippen LogP contribution >= 0.6 is 0 Å². The lowest BCUT2D eigenvalue weighted by atomic mass is 10.1. The Morgan fingerprint density at radius 2 is 1.77 bits per heavy atom. The van der Waals surface area contributed by atoms with Crippen molar-refractivity contribution in [2.45, 2.75) is 11.3 Å². The molecule has 26 heavy (non-hydrogen) atoms. The van der Waals surface area contributed by atoms with Gasteiger partial charge < -0.3 is 10.4 Å². The average molecular weight is 374 g/mol. The van der Waals surface area contributed by atoms with Crippen molar-refractivity contribution in [2.24, 2.45) is 0 Å². The maximum Gasteiger partial charge on any atom is 0.305 e. The summed E-state index contributed by atoms with van der Waals surface area (Å²) in [6.45, 7) is -0.448. The molecule has 134 valence electrons. The van der Waals surface area contributed by atoms with Crippen LogP contribution in [0.3, 0.4) is 0 Å². The zero-order chi connectivity index (χ0) is 18.9. The number of carboxylic acid groups (broad SMARTS) is 1. The molecule has 2 N–H and O–H groups in total. The number of hydrogen-bond donors (Lipinski definition) is 2. The number of carbonyl (C=O) groups excluding carboxylic acids is 2. The second kappa shape index (κ2) is 6.60. The summed E-state index contributed by atoms with van der Waals surface area (Å²) in [7, 11) is -4.15. The fraction of sp³-hybridized carbons (Fsp3) is 0.118. The maximum absolute atomic E-state index is 12.5. The lowest BCUT2D eigenvalue weighted by Gasteiger charge is -2.13. The van der Waals surface area contributed by atoms with Gasteiger partial charge in [0.15, 0.2) is 0 Å². The molecule has 0 unspecified atom stereocenters. The molecule has 2 amide bonds. The first-order chi connectivity index (χ1) is 12.3. The first-order valence-corrected chi connectivity index (χ1v) is 9.04. The van der Waals surface area contributed by atoms with Crippen LogP contribution in [0.2, 0.25) is 0 Å². The molecule has 2 aromatic rings. The fourth-order valence-electron chi connectivity index (χ4n) is 2.56. The van der Waals surface area contributed by atoms with Crippen LogP contribution in [0, 0.1) is 0 Å². The molecule has 1 aliphatic heterocycles. The average Bonchev–Trinajstić information content (AvgIpc) is 2.80. The number of aliphatic carboxylic acids is 1. The van der Waals surface area contributed by atoms with Gasteiger partial charge in [0.2, 0.25) is 0 Å². The van der Waals surface area contributed by atoms with Crippen molar-refractivity contribution < 1.29 is 27.9 Å². The number of amides is 2. The summed E-state index contributed by atoms with van der Waals surface area (Å²) < 4.78 is 25.6. The second-order valence-corrected chi connectivity index (χ2v) is 7.39. The number of sulfonamides is 1. The van der Waals surface area contributed by atoms with Crippen molar-refractivity contribution in [3.05, 3.63) is 59.7 Å². The van der Waals surface area contributed by atoms with Crippen LogP contribution in [0.4, 0.5) is 5.69 Å². The Bertz CT molecular complexity index is 1000. The third-order valence-electron chi connectivity index (χ3n) is 3.83. The van der Waals surface area contributed by atoms with E-state index in [4.69, 9.17) is 5.11 Å². The van der Waals surface area contributed by atoms with Crippen LogP contribution in [-0.2, 0) is 14.8 Å². The van der Waals surface area contributed by atoms with E-state index in [1.165, 1.54) is 18.2 Å². The predicted molar refractivity (Wildman–Crippen MR) is 91.3 cm³/mol. The van der Waals surface area contributed by atoms with Crippen LogP contribution in [0.15, 0.2) is 53.4 Å². The Labute approximate surface area is 149 Å². The van der Waals surface area contributed by atoms with Gasteiger partial charge in [-0.3, -0.25) is 14.4 Å². The van der Waals surface area contributed by atoms with Gasteiger partial charge in [-0.1, -0.05) is 18.2 Å². The van der Waals surface area contributed by atoms with Gasteiger partial charge in [0.05, 0.1) is 12.0 Å². The molecule has 9 heteroatoms. The molecule has 0 saturated carbocycles. The van der Waals surface area contributed by atoms with Gasteiger partial charge in [-0.05, 0) is 30.3 Å². The molecule has 1 aliphatic rings. The number of anilines is 1. The Morgan fingerprint density at radius 3 is 2.42 bits per heavy atom. The van der Waals surface area contributed by atoms with Crippen molar-refractivity contribution >= 4 is 33.5 Å². The molecule has 0 atom stereocenters. The van der Waals surface area contributed by atoms with E-state index in [-0.39, 0.29) is 16.1 Å². The molecule has 0 aromatic heterocycles. The molecule has 0 aliphatic carbocycles. The van der Waals surface area contributed by atoms with Crippen LogP contribution in [-0.4, -0.2) is 42.2 Å². The summed E-state index contributed by atoms with van der Waals surface area (Å²) in [5, 5.41) is 11.3. The van der Waals surface area contributed by atoms with Crippen molar-refractivity contribution in [3.8, 4) is 0 Å². The van der Waals surface area contributed by atoms with Gasteiger partial charge in [-0.2, -0.15) is 0 Å². The van der Waals surface area contributed by atoms with Crippen molar-refractivity contribution in [1.29, 1.82) is 0 Å². The number of fused-ring (bicyclic) bond motifs is 1. The lowest BCUT2D eigenvalue weighted by Crippen LogP contribution is -2.32. The molecule has 2 aromatic carbocycles. The Balaban J connectivity index is 1.88. The van der Waals surface area contributed by atoms with Crippen molar-refractivity contribution in [1.82, 2.24) is 4.31 Å². The van der Waals surface area contributed by atoms with E-state index in [2.05, 4.69) is 5.32 Å². The molecule has 0 spiro atoms. The highest BCUT2D eigenvalue weighted by Gasteiger charge is 2.41. The lowest BCUT2D eigenvalue weighted by molar-refractivity contribution is -0.137. The Hall–Kier alpha value is -3.20. The quantitative estimate of drug-likeness (QED) is 0.819. The minimum absolute atomic E-state index is 0.0481. The summed E-state index contributed by atoms with van der Waals surface area (Å²) >= 11 is 0. The highest BCUT2D eigenvalue weighted by atomic mass is 32.2. The van der Waals surface area contributed by atoms with Crippen LogP contribution in [0.25, 0.3) is 0 Å². The Kier molecular flexibility index (Phi) is 4.47. The highest BCUT2D eigenvalue weighted by molar-refractivity contribution is 7.90. The molecule has 0 saturated heterocycles. The largest absolute Gasteiger partial charge is 0.481 e. The molecule has 0 fully saturated rings. The molecule has 8 nitrogen and oxygen atoms in total. The van der Waals surface area contributed by atoms with Crippen LogP contribution < -0.4 is 5.32 Å². The van der Waals surface area contributed by atoms with Gasteiger partial charge in [0, 0.05) is 17.8 Å². The van der Waals surface area contributed by atoms with Crippen LogP contribution in [0.1, 0.15) is 27.1 Å². The van der Waals surface area contributed by atoms with Gasteiger partial charge in [0.25, 0.3) is 21.8 Å². The number of benzene rings is 2. The summed E-state index contributed by atoms with van der Waals surface area (Å²) in [5.74, 6) is -2.41. The van der Waals surface area contributed by atoms with E-state index in [0.717, 1.165) is 0 Å². The van der Waals surface area contributed by atoms with Gasteiger partial charge in [0.1, 0.15) is 4.90 Å². The SMILES string of the molecule is O=C(O)CCN1C(=O)c2ccc(NC(=O)c3ccccc3)cc2S1(=O)=O. The second-order valence-electron chi connectivity index (χ2n) is 5.56. The summed E-state index contributed by atoms with van der Waals surface area (Å²) in [4.78, 5) is 34.9. The monoisotopic (exact) mass is 374 g/mol. The third kappa shape index (κ3) is 3.16. The van der Waals surface area contributed by atoms with E-state index in [1.807, 2.05) is 0 Å². The van der Waals surface area contributed by atoms with Crippen molar-refractivity contribution in [3.63, 3.8) is 0 Å². The number of carboxylic acids is 1. The molecular weight excluding hydrogens is 360 g/mol. The molecule has 3 rings (SSSR count). The predicted octanol–water partition coefficient (Wildman–Crippen LogP) is 1.56. The minimum atomic E-state index is -4.15. The van der Waals surface area contributed by atoms with E-state index in [9.17, 15) is 22.8 Å². The number of hydrogen-bond acceptors (Lipinski definition) is 5. The number of nitrogens with one attached hydrogen (secondary N) is 1. The summed E-state index contributed by atoms with van der Waals surface area (Å²) in [5.41, 5.74) is 0.567. The Morgan fingerprint density at radius 1 is 1.08 bits per heavy atom. The third-order valence-corrected chi connectivity index (χ3v) is 5.65. The highest BCUT2D eigenvalue weighted by Crippen LogP contribution is 2.32. The molecular formula is C17H14N2O6S. The number of carbonyl (C=O) groups is 3. The van der Waals surface area contributed by atoms with Gasteiger partial charge in [-0.15, -0.1) is 0 Å². The first kappa shape index (κ1) is 17.6. The van der Waals surface area contributed by atoms with E-state index in [0.29, 0.717) is 9.87 Å². The topological polar surface area (TPSA) is 121 Å². The molecule has 0 radical (unpaired) electrons. The van der Waals surface area contributed by atoms with Crippen LogP contribution in [0.5, 0.6) is 0 Å². The summed E-state index contributed by atoms with van der Waals surface area (Å²) in [6.07, 6.45) is -0.490. The standard InChI is InChI=1S/C17H14N2O6S/c20-15(21)8-9-19-17(23)13-7-6-12(10-14(13)26(19,24)25)18-16(22)11-4-2-1-3-5-11/h1-7,10H,8-9H2,(H,18,22)(H,20,21). The summed E-state index contributed by atoms with van der Waals surface area (Å²) in [6, 6.07) is 12.3. The molecule has 1 heterocycles. The zero-order valence-corrected chi connectivity index (χ0v) is 14.2. The van der Waals surface area contributed by atoms with Gasteiger partial charge >= 0.3 is 5.97 Å². The van der Waals surface area contributed by atoms with Crippen molar-refractivity contribution in [2.75, 3.05) is 11.9 Å². The normalized spacial score (nSPS) is 14.8. The first-order valence-electron chi connectivity index (χ1n) is 7.60. The minimum Gasteiger partial charge on any atom is -0.481 e. The van der Waals surface area contributed by atoms with E-state index in [1.54, 1.807) is 30.3 Å². The fourth-order valence-corrected chi connectivity index (χ4v) is 4.16. The molecule has 0 bridgehead atoms. The number of rotatable bonds is 5. The zero-order valence-electron chi connectivity index (χ0n) is 13.4. The van der Waals surface area contributed by atoms with E-state index >= 15 is 0 Å². The smallest absolute Gasteiger partial charge is 0.305 e. The van der Waals surface area contributed by atoms with E-state index < -0.39 is 40.8 Å². The van der Waals surface area contributed by atoms with Gasteiger partial charge in [-0.25, -0.2) is 12.7 Å². The maximum atomic E-state index is 12.5.